The summed E-state index contributed by atoms with van der Waals surface area (Å²) in [5.41, 5.74) is 1.67. The molecule has 2 heterocycles. The molecule has 5 heteroatoms. The lowest BCUT2D eigenvalue weighted by atomic mass is 10.1. The molecule has 96 valence electrons. The zero-order chi connectivity index (χ0) is 13.0. The van der Waals surface area contributed by atoms with E-state index in [-0.39, 0.29) is 11.9 Å². The normalized spacial score (nSPS) is 14.4. The maximum absolute atomic E-state index is 13.0. The van der Waals surface area contributed by atoms with Crippen LogP contribution in [0.15, 0.2) is 35.3 Å². The van der Waals surface area contributed by atoms with Gasteiger partial charge in [0.2, 0.25) is 0 Å². The third-order valence-corrected chi connectivity index (χ3v) is 3.47. The van der Waals surface area contributed by atoms with E-state index < -0.39 is 6.10 Å². The van der Waals surface area contributed by atoms with Gasteiger partial charge in [0.05, 0.1) is 12.3 Å². The molecule has 18 heavy (non-hydrogen) atoms. The molecule has 0 spiro atoms. The van der Waals surface area contributed by atoms with Crippen molar-refractivity contribution in [2.24, 2.45) is 0 Å². The van der Waals surface area contributed by atoms with Gasteiger partial charge in [-0.15, -0.1) is 0 Å². The smallest absolute Gasteiger partial charge is 0.141 e. The average Bonchev–Trinajstić information content (AvgIpc) is 2.89. The molecule has 0 aliphatic heterocycles. The third kappa shape index (κ3) is 3.35. The number of aliphatic hydroxyl groups is 1. The molecule has 0 aliphatic carbocycles. The SMILES string of the molecule is CC(NCC(O)c1ccsc1)c1cncc(F)c1. The molecule has 2 unspecified atom stereocenters. The van der Waals surface area contributed by atoms with Crippen molar-refractivity contribution < 1.29 is 9.50 Å². The average molecular weight is 266 g/mol. The summed E-state index contributed by atoms with van der Waals surface area (Å²) in [4.78, 5) is 3.81. The van der Waals surface area contributed by atoms with Crippen LogP contribution in [-0.4, -0.2) is 16.6 Å². The van der Waals surface area contributed by atoms with Gasteiger partial charge in [0.25, 0.3) is 0 Å². The number of aromatic nitrogens is 1. The van der Waals surface area contributed by atoms with Gasteiger partial charge in [0.1, 0.15) is 5.82 Å². The molecule has 0 bridgehead atoms. The first kappa shape index (κ1) is 13.1. The number of hydrogen-bond acceptors (Lipinski definition) is 4. The van der Waals surface area contributed by atoms with Gasteiger partial charge in [-0.2, -0.15) is 11.3 Å². The number of rotatable bonds is 5. The van der Waals surface area contributed by atoms with Crippen LogP contribution in [0, 0.1) is 5.82 Å². The van der Waals surface area contributed by atoms with Gasteiger partial charge in [0, 0.05) is 18.8 Å². The van der Waals surface area contributed by atoms with Crippen LogP contribution in [0.3, 0.4) is 0 Å². The predicted molar refractivity (Wildman–Crippen MR) is 69.9 cm³/mol. The van der Waals surface area contributed by atoms with Crippen LogP contribution in [0.4, 0.5) is 4.39 Å². The summed E-state index contributed by atoms with van der Waals surface area (Å²) in [6.45, 7) is 2.34. The number of thiophene rings is 1. The molecular weight excluding hydrogens is 251 g/mol. The highest BCUT2D eigenvalue weighted by molar-refractivity contribution is 7.07. The number of hydrogen-bond donors (Lipinski definition) is 2. The lowest BCUT2D eigenvalue weighted by Crippen LogP contribution is -2.24. The van der Waals surface area contributed by atoms with E-state index in [9.17, 15) is 9.50 Å². The van der Waals surface area contributed by atoms with E-state index >= 15 is 0 Å². The van der Waals surface area contributed by atoms with E-state index in [0.717, 1.165) is 11.1 Å². The quantitative estimate of drug-likeness (QED) is 0.874. The van der Waals surface area contributed by atoms with Crippen molar-refractivity contribution >= 4 is 11.3 Å². The predicted octanol–water partition coefficient (Wildman–Crippen LogP) is 2.67. The zero-order valence-electron chi connectivity index (χ0n) is 10.0. The first-order valence-corrected chi connectivity index (χ1v) is 6.65. The van der Waals surface area contributed by atoms with Gasteiger partial charge in [-0.3, -0.25) is 4.98 Å². The molecule has 0 radical (unpaired) electrons. The Balaban J connectivity index is 1.90. The standard InChI is InChI=1S/C13H15FN2OS/c1-9(11-4-12(14)6-15-5-11)16-7-13(17)10-2-3-18-8-10/h2-6,8-9,13,16-17H,7H2,1H3. The highest BCUT2D eigenvalue weighted by Crippen LogP contribution is 2.17. The summed E-state index contributed by atoms with van der Waals surface area (Å²) in [5.74, 6) is -0.348. The van der Waals surface area contributed by atoms with E-state index in [1.54, 1.807) is 17.5 Å². The van der Waals surface area contributed by atoms with Gasteiger partial charge in [0.15, 0.2) is 0 Å². The lowest BCUT2D eigenvalue weighted by molar-refractivity contribution is 0.171. The maximum atomic E-state index is 13.0. The number of halogens is 1. The van der Waals surface area contributed by atoms with E-state index in [2.05, 4.69) is 10.3 Å². The first-order valence-electron chi connectivity index (χ1n) is 5.71. The lowest BCUT2D eigenvalue weighted by Gasteiger charge is -2.16. The summed E-state index contributed by atoms with van der Waals surface area (Å²) in [6.07, 6.45) is 2.26. The Bertz CT molecular complexity index is 489. The Hall–Kier alpha value is -1.30. The van der Waals surface area contributed by atoms with Crippen molar-refractivity contribution in [3.63, 3.8) is 0 Å². The molecule has 0 saturated heterocycles. The second kappa shape index (κ2) is 6.04. The van der Waals surface area contributed by atoms with Crippen molar-refractivity contribution in [3.8, 4) is 0 Å². The van der Waals surface area contributed by atoms with Gasteiger partial charge >= 0.3 is 0 Å². The van der Waals surface area contributed by atoms with Crippen molar-refractivity contribution in [2.75, 3.05) is 6.54 Å². The van der Waals surface area contributed by atoms with Crippen LogP contribution in [0.25, 0.3) is 0 Å². The summed E-state index contributed by atoms with van der Waals surface area (Å²) in [5, 5.41) is 16.9. The molecule has 2 aromatic rings. The number of nitrogens with zero attached hydrogens (tertiary/aromatic N) is 1. The Morgan fingerprint density at radius 3 is 2.94 bits per heavy atom. The maximum Gasteiger partial charge on any atom is 0.141 e. The molecule has 0 amide bonds. The largest absolute Gasteiger partial charge is 0.387 e. The van der Waals surface area contributed by atoms with Crippen molar-refractivity contribution in [1.82, 2.24) is 10.3 Å². The van der Waals surface area contributed by atoms with Crippen molar-refractivity contribution in [1.29, 1.82) is 0 Å². The minimum absolute atomic E-state index is 0.0542. The van der Waals surface area contributed by atoms with Crippen LogP contribution in [0.5, 0.6) is 0 Å². The summed E-state index contributed by atoms with van der Waals surface area (Å²) >= 11 is 1.55. The van der Waals surface area contributed by atoms with Gasteiger partial charge in [-0.25, -0.2) is 4.39 Å². The highest BCUT2D eigenvalue weighted by atomic mass is 32.1. The fourth-order valence-corrected chi connectivity index (χ4v) is 2.36. The number of pyridine rings is 1. The Kier molecular flexibility index (Phi) is 4.41. The van der Waals surface area contributed by atoms with Crippen LogP contribution >= 0.6 is 11.3 Å². The second-order valence-corrected chi connectivity index (χ2v) is 4.92. The van der Waals surface area contributed by atoms with Gasteiger partial charge in [-0.05, 0) is 40.9 Å². The van der Waals surface area contributed by atoms with E-state index in [4.69, 9.17) is 0 Å². The summed E-state index contributed by atoms with van der Waals surface area (Å²) in [6, 6.07) is 3.29. The second-order valence-electron chi connectivity index (χ2n) is 4.14. The molecule has 2 N–H and O–H groups in total. The van der Waals surface area contributed by atoms with E-state index in [1.807, 2.05) is 23.8 Å². The van der Waals surface area contributed by atoms with Crippen LogP contribution < -0.4 is 5.32 Å². The van der Waals surface area contributed by atoms with E-state index in [0.29, 0.717) is 6.54 Å². The molecule has 2 rings (SSSR count). The molecule has 2 aromatic heterocycles. The minimum Gasteiger partial charge on any atom is -0.387 e. The van der Waals surface area contributed by atoms with Crippen LogP contribution in [0.1, 0.15) is 30.2 Å². The molecule has 3 nitrogen and oxygen atoms in total. The fourth-order valence-electron chi connectivity index (χ4n) is 1.65. The Labute approximate surface area is 109 Å². The molecule has 0 aliphatic rings. The van der Waals surface area contributed by atoms with Crippen molar-refractivity contribution in [3.05, 3.63) is 52.2 Å². The van der Waals surface area contributed by atoms with Gasteiger partial charge in [-0.1, -0.05) is 0 Å². The monoisotopic (exact) mass is 266 g/mol. The Morgan fingerprint density at radius 1 is 1.44 bits per heavy atom. The van der Waals surface area contributed by atoms with Crippen LogP contribution in [0.2, 0.25) is 0 Å². The molecule has 0 fully saturated rings. The van der Waals surface area contributed by atoms with Gasteiger partial charge < -0.3 is 10.4 Å². The third-order valence-electron chi connectivity index (χ3n) is 2.77. The van der Waals surface area contributed by atoms with Crippen molar-refractivity contribution in [2.45, 2.75) is 19.1 Å². The molecule has 0 aromatic carbocycles. The first-order chi connectivity index (χ1) is 8.66. The molecule has 0 saturated carbocycles. The topological polar surface area (TPSA) is 45.1 Å². The molecule has 2 atom stereocenters. The van der Waals surface area contributed by atoms with E-state index in [1.165, 1.54) is 12.3 Å². The summed E-state index contributed by atoms with van der Waals surface area (Å²) < 4.78 is 13.0. The highest BCUT2D eigenvalue weighted by Gasteiger charge is 2.11. The zero-order valence-corrected chi connectivity index (χ0v) is 10.8. The summed E-state index contributed by atoms with van der Waals surface area (Å²) in [7, 11) is 0. The molecular formula is C13H15FN2OS. The fraction of sp³-hybridized carbons (Fsp3) is 0.308. The van der Waals surface area contributed by atoms with Crippen LogP contribution in [-0.2, 0) is 0 Å². The number of aliphatic hydroxyl groups excluding tert-OH is 1. The number of nitrogens with one attached hydrogen (secondary N) is 1. The Morgan fingerprint density at radius 2 is 2.28 bits per heavy atom. The minimum atomic E-state index is -0.541.